The SMILES string of the molecule is CCOC(=O)N1CCN(C(=O)C(CCC(=O)O)NC(=O)c2cc(C3CCC(=O)CC3)nc(-c3ccccc3)n2)CC1. The highest BCUT2D eigenvalue weighted by Crippen LogP contribution is 2.31. The van der Waals surface area contributed by atoms with Gasteiger partial charge in [-0.1, -0.05) is 30.3 Å². The van der Waals surface area contributed by atoms with Gasteiger partial charge in [0, 0.05) is 62.6 Å². The number of benzene rings is 1. The topological polar surface area (TPSA) is 159 Å². The zero-order valence-corrected chi connectivity index (χ0v) is 23.1. The molecule has 12 nitrogen and oxygen atoms in total. The van der Waals surface area contributed by atoms with Crippen molar-refractivity contribution in [3.05, 3.63) is 47.8 Å². The lowest BCUT2D eigenvalue weighted by Crippen LogP contribution is -2.56. The first kappa shape index (κ1) is 29.6. The van der Waals surface area contributed by atoms with Crippen LogP contribution in [0.5, 0.6) is 0 Å². The molecule has 1 atom stereocenters. The Hall–Kier alpha value is -4.35. The molecule has 4 rings (SSSR count). The summed E-state index contributed by atoms with van der Waals surface area (Å²) in [7, 11) is 0. The number of amides is 3. The van der Waals surface area contributed by atoms with Crippen molar-refractivity contribution in [1.29, 1.82) is 0 Å². The minimum atomic E-state index is -1.10. The second-order valence-corrected chi connectivity index (χ2v) is 10.2. The first-order chi connectivity index (χ1) is 19.7. The van der Waals surface area contributed by atoms with Crippen LogP contribution in [-0.4, -0.2) is 93.4 Å². The van der Waals surface area contributed by atoms with Crippen LogP contribution in [0.15, 0.2) is 36.4 Å². The molecule has 0 spiro atoms. The number of carboxylic acid groups (broad SMARTS) is 1. The van der Waals surface area contributed by atoms with Crippen LogP contribution in [0.4, 0.5) is 4.79 Å². The summed E-state index contributed by atoms with van der Waals surface area (Å²) < 4.78 is 5.02. The van der Waals surface area contributed by atoms with Crippen LogP contribution < -0.4 is 5.32 Å². The Kier molecular flexibility index (Phi) is 9.99. The van der Waals surface area contributed by atoms with E-state index in [-0.39, 0.29) is 63.0 Å². The number of ketones is 1. The normalized spacial score (nSPS) is 16.7. The lowest BCUT2D eigenvalue weighted by atomic mass is 9.86. The van der Waals surface area contributed by atoms with Crippen LogP contribution in [0, 0.1) is 0 Å². The predicted octanol–water partition coefficient (Wildman–Crippen LogP) is 2.63. The van der Waals surface area contributed by atoms with E-state index in [1.165, 1.54) is 9.80 Å². The summed E-state index contributed by atoms with van der Waals surface area (Å²) >= 11 is 0. The number of aliphatic carboxylic acids is 1. The molecule has 2 N–H and O–H groups in total. The van der Waals surface area contributed by atoms with Crippen LogP contribution in [0.2, 0.25) is 0 Å². The number of aromatic nitrogens is 2. The number of hydrogen-bond donors (Lipinski definition) is 2. The third-order valence-corrected chi connectivity index (χ3v) is 7.34. The molecule has 2 aliphatic rings. The van der Waals surface area contributed by atoms with E-state index in [0.29, 0.717) is 42.8 Å². The maximum atomic E-state index is 13.5. The van der Waals surface area contributed by atoms with Crippen molar-refractivity contribution in [1.82, 2.24) is 25.1 Å². The molecule has 1 aromatic heterocycles. The minimum Gasteiger partial charge on any atom is -0.481 e. The van der Waals surface area contributed by atoms with Gasteiger partial charge >= 0.3 is 12.1 Å². The van der Waals surface area contributed by atoms with E-state index >= 15 is 0 Å². The van der Waals surface area contributed by atoms with Gasteiger partial charge < -0.3 is 25.0 Å². The van der Waals surface area contributed by atoms with Crippen molar-refractivity contribution >= 4 is 29.7 Å². The fraction of sp³-hybridized carbons (Fsp3) is 0.483. The number of piperazine rings is 1. The van der Waals surface area contributed by atoms with Crippen molar-refractivity contribution in [2.24, 2.45) is 0 Å². The molecule has 0 bridgehead atoms. The van der Waals surface area contributed by atoms with E-state index in [1.807, 2.05) is 30.3 Å². The predicted molar refractivity (Wildman–Crippen MR) is 147 cm³/mol. The highest BCUT2D eigenvalue weighted by atomic mass is 16.6. The molecule has 3 amide bonds. The van der Waals surface area contributed by atoms with E-state index in [4.69, 9.17) is 9.72 Å². The minimum absolute atomic E-state index is 0.00940. The van der Waals surface area contributed by atoms with Crippen LogP contribution in [0.1, 0.15) is 67.5 Å². The number of Topliss-reactive ketones (excluding diaryl/α,β-unsaturated/α-hetero) is 1. The Balaban J connectivity index is 1.55. The summed E-state index contributed by atoms with van der Waals surface area (Å²) in [5.74, 6) is -1.58. The third-order valence-electron chi connectivity index (χ3n) is 7.34. The van der Waals surface area contributed by atoms with Crippen LogP contribution in [0.3, 0.4) is 0 Å². The van der Waals surface area contributed by atoms with Gasteiger partial charge in [-0.2, -0.15) is 0 Å². The molecule has 2 fully saturated rings. The molecule has 12 heteroatoms. The fourth-order valence-corrected chi connectivity index (χ4v) is 5.05. The highest BCUT2D eigenvalue weighted by Gasteiger charge is 2.32. The average molecular weight is 566 g/mol. The van der Waals surface area contributed by atoms with E-state index in [9.17, 15) is 29.1 Å². The third kappa shape index (κ3) is 7.86. The molecule has 1 aliphatic carbocycles. The summed E-state index contributed by atoms with van der Waals surface area (Å²) in [5, 5.41) is 12.0. The van der Waals surface area contributed by atoms with Crippen LogP contribution in [0.25, 0.3) is 11.4 Å². The maximum absolute atomic E-state index is 13.5. The zero-order chi connectivity index (χ0) is 29.4. The Labute approximate surface area is 238 Å². The summed E-state index contributed by atoms with van der Waals surface area (Å²) in [6.07, 6.45) is 1.28. The molecular formula is C29H35N5O7. The number of rotatable bonds is 9. The smallest absolute Gasteiger partial charge is 0.409 e. The first-order valence-electron chi connectivity index (χ1n) is 13.9. The summed E-state index contributed by atoms with van der Waals surface area (Å²) in [6, 6.07) is 9.71. The van der Waals surface area contributed by atoms with Gasteiger partial charge in [0.05, 0.1) is 6.61 Å². The molecule has 1 unspecified atom stereocenters. The summed E-state index contributed by atoms with van der Waals surface area (Å²) in [5.41, 5.74) is 1.43. The number of carboxylic acids is 1. The van der Waals surface area contributed by atoms with Gasteiger partial charge in [0.1, 0.15) is 17.5 Å². The lowest BCUT2D eigenvalue weighted by Gasteiger charge is -2.35. The molecular weight excluding hydrogens is 530 g/mol. The Morgan fingerprint density at radius 2 is 1.68 bits per heavy atom. The van der Waals surface area contributed by atoms with Crippen molar-refractivity contribution < 1.29 is 33.8 Å². The maximum Gasteiger partial charge on any atom is 0.409 e. The Bertz CT molecular complexity index is 1270. The zero-order valence-electron chi connectivity index (χ0n) is 23.1. The molecule has 41 heavy (non-hydrogen) atoms. The molecule has 0 radical (unpaired) electrons. The van der Waals surface area contributed by atoms with Crippen molar-refractivity contribution in [2.75, 3.05) is 32.8 Å². The van der Waals surface area contributed by atoms with Crippen molar-refractivity contribution in [3.63, 3.8) is 0 Å². The van der Waals surface area contributed by atoms with E-state index in [0.717, 1.165) is 0 Å². The summed E-state index contributed by atoms with van der Waals surface area (Å²) in [6.45, 7) is 2.96. The van der Waals surface area contributed by atoms with Gasteiger partial charge in [-0.05, 0) is 32.3 Å². The van der Waals surface area contributed by atoms with Gasteiger partial charge in [0.2, 0.25) is 5.91 Å². The fourth-order valence-electron chi connectivity index (χ4n) is 5.05. The van der Waals surface area contributed by atoms with Gasteiger partial charge in [0.25, 0.3) is 5.91 Å². The molecule has 2 aromatic rings. The standard InChI is InChI=1S/C29H35N5O7/c1-2-41-29(40)34-16-14-33(15-17-34)28(39)22(12-13-25(36)37)32-27(38)24-18-23(19-8-10-21(35)11-9-19)30-26(31-24)20-6-4-3-5-7-20/h3-7,18-19,22H,2,8-17H2,1H3,(H,32,38)(H,36,37). The van der Waals surface area contributed by atoms with Crippen LogP contribution in [-0.2, 0) is 19.1 Å². The van der Waals surface area contributed by atoms with Crippen LogP contribution >= 0.6 is 0 Å². The van der Waals surface area contributed by atoms with Gasteiger partial charge in [-0.25, -0.2) is 14.8 Å². The molecule has 218 valence electrons. The summed E-state index contributed by atoms with van der Waals surface area (Å²) in [4.78, 5) is 74.4. The average Bonchev–Trinajstić information content (AvgIpc) is 2.99. The monoisotopic (exact) mass is 565 g/mol. The highest BCUT2D eigenvalue weighted by molar-refractivity contribution is 5.96. The molecule has 1 saturated heterocycles. The molecule has 1 saturated carbocycles. The second kappa shape index (κ2) is 13.8. The van der Waals surface area contributed by atoms with Crippen molar-refractivity contribution in [2.45, 2.75) is 57.4 Å². The van der Waals surface area contributed by atoms with E-state index in [2.05, 4.69) is 10.3 Å². The molecule has 1 aliphatic heterocycles. The second-order valence-electron chi connectivity index (χ2n) is 10.2. The number of nitrogens with zero attached hydrogens (tertiary/aromatic N) is 4. The van der Waals surface area contributed by atoms with Crippen molar-refractivity contribution in [3.8, 4) is 11.4 Å². The Morgan fingerprint density at radius 3 is 2.32 bits per heavy atom. The number of ether oxygens (including phenoxy) is 1. The largest absolute Gasteiger partial charge is 0.481 e. The quantitative estimate of drug-likeness (QED) is 0.466. The number of carbonyl (C=O) groups is 5. The number of carbonyl (C=O) groups excluding carboxylic acids is 4. The first-order valence-corrected chi connectivity index (χ1v) is 13.9. The van der Waals surface area contributed by atoms with Gasteiger partial charge in [-0.15, -0.1) is 0 Å². The Morgan fingerprint density at radius 1 is 1.02 bits per heavy atom. The molecule has 1 aromatic carbocycles. The van der Waals surface area contributed by atoms with Gasteiger partial charge in [-0.3, -0.25) is 19.2 Å². The van der Waals surface area contributed by atoms with E-state index in [1.54, 1.807) is 13.0 Å². The van der Waals surface area contributed by atoms with E-state index < -0.39 is 29.9 Å². The van der Waals surface area contributed by atoms with Gasteiger partial charge in [0.15, 0.2) is 5.82 Å². The molecule has 2 heterocycles. The lowest BCUT2D eigenvalue weighted by molar-refractivity contribution is -0.138. The number of hydrogen-bond acceptors (Lipinski definition) is 8. The number of nitrogens with one attached hydrogen (secondary N) is 1.